The minimum atomic E-state index is -3.93. The van der Waals surface area contributed by atoms with Crippen LogP contribution in [0.25, 0.3) is 0 Å². The lowest BCUT2D eigenvalue weighted by molar-refractivity contribution is 0.0873. The average Bonchev–Trinajstić information content (AvgIpc) is 2.92. The number of nitrogens with one attached hydrogen (secondary N) is 1. The molecular weight excluding hydrogens is 516 g/mol. The van der Waals surface area contributed by atoms with Gasteiger partial charge in [0, 0.05) is 13.1 Å². The highest BCUT2D eigenvalue weighted by atomic mass is 32.2. The van der Waals surface area contributed by atoms with Gasteiger partial charge in [0.05, 0.1) is 24.2 Å². The normalized spacial score (nSPS) is 13.2. The van der Waals surface area contributed by atoms with Crippen molar-refractivity contribution in [3.63, 3.8) is 0 Å². The van der Waals surface area contributed by atoms with Gasteiger partial charge in [0.15, 0.2) is 0 Å². The molecule has 2 N–H and O–H groups in total. The van der Waals surface area contributed by atoms with Crippen LogP contribution in [0.3, 0.4) is 0 Å². The van der Waals surface area contributed by atoms with Crippen LogP contribution in [0.4, 0.5) is 4.79 Å². The number of hydrogen-bond acceptors (Lipinski definition) is 6. The van der Waals surface area contributed by atoms with Crippen molar-refractivity contribution in [3.8, 4) is 5.75 Å². The van der Waals surface area contributed by atoms with E-state index in [-0.39, 0.29) is 30.5 Å². The molecule has 210 valence electrons. The molecule has 0 aliphatic rings. The average molecular weight is 555 g/mol. The van der Waals surface area contributed by atoms with Gasteiger partial charge in [-0.25, -0.2) is 13.2 Å². The Morgan fingerprint density at radius 3 is 2.21 bits per heavy atom. The molecule has 0 saturated heterocycles. The summed E-state index contributed by atoms with van der Waals surface area (Å²) in [5.74, 6) is 0.547. The van der Waals surface area contributed by atoms with E-state index < -0.39 is 28.3 Å². The zero-order valence-electron chi connectivity index (χ0n) is 22.9. The van der Waals surface area contributed by atoms with Crippen LogP contribution in [-0.2, 0) is 27.8 Å². The minimum Gasteiger partial charge on any atom is -0.497 e. The third-order valence-corrected chi connectivity index (χ3v) is 8.19. The van der Waals surface area contributed by atoms with Crippen LogP contribution in [0.5, 0.6) is 5.75 Å². The van der Waals surface area contributed by atoms with Crippen molar-refractivity contribution in [2.75, 3.05) is 20.2 Å². The van der Waals surface area contributed by atoms with Gasteiger partial charge in [0.1, 0.15) is 12.4 Å². The van der Waals surface area contributed by atoms with Crippen LogP contribution in [0.15, 0.2) is 83.8 Å². The number of carbonyl (C=O) groups excluding carboxylic acids is 1. The zero-order valence-corrected chi connectivity index (χ0v) is 23.7. The lowest BCUT2D eigenvalue weighted by Crippen LogP contribution is -2.51. The van der Waals surface area contributed by atoms with E-state index in [2.05, 4.69) is 5.32 Å². The number of carbonyl (C=O) groups is 1. The zero-order chi connectivity index (χ0) is 28.4. The Labute approximate surface area is 231 Å². The second-order valence-corrected chi connectivity index (χ2v) is 11.8. The van der Waals surface area contributed by atoms with Crippen LogP contribution >= 0.6 is 0 Å². The van der Waals surface area contributed by atoms with Gasteiger partial charge in [0.25, 0.3) is 0 Å². The molecule has 1 amide bonds. The smallest absolute Gasteiger partial charge is 0.407 e. The van der Waals surface area contributed by atoms with Crippen molar-refractivity contribution < 1.29 is 27.8 Å². The maximum Gasteiger partial charge on any atom is 0.407 e. The summed E-state index contributed by atoms with van der Waals surface area (Å²) in [6.07, 6.45) is -1.60. The third-order valence-electron chi connectivity index (χ3n) is 6.34. The summed E-state index contributed by atoms with van der Waals surface area (Å²) in [7, 11) is -2.42. The molecule has 0 aliphatic carbocycles. The number of aryl methyl sites for hydroxylation is 1. The predicted molar refractivity (Wildman–Crippen MR) is 151 cm³/mol. The Morgan fingerprint density at radius 2 is 1.59 bits per heavy atom. The maximum atomic E-state index is 13.6. The summed E-state index contributed by atoms with van der Waals surface area (Å²) in [5, 5.41) is 14.1. The first-order valence-electron chi connectivity index (χ1n) is 12.9. The van der Waals surface area contributed by atoms with Crippen LogP contribution in [0.2, 0.25) is 0 Å². The number of benzene rings is 3. The molecule has 0 radical (unpaired) electrons. The van der Waals surface area contributed by atoms with Gasteiger partial charge in [-0.3, -0.25) is 0 Å². The predicted octanol–water partition coefficient (Wildman–Crippen LogP) is 4.55. The van der Waals surface area contributed by atoms with Gasteiger partial charge in [0.2, 0.25) is 10.0 Å². The molecule has 0 bridgehead atoms. The van der Waals surface area contributed by atoms with Crippen molar-refractivity contribution >= 4 is 16.1 Å². The molecule has 0 aliphatic heterocycles. The molecule has 8 nitrogen and oxygen atoms in total. The summed E-state index contributed by atoms with van der Waals surface area (Å²) in [4.78, 5) is 12.9. The van der Waals surface area contributed by atoms with Gasteiger partial charge in [-0.05, 0) is 60.2 Å². The highest BCUT2D eigenvalue weighted by Crippen LogP contribution is 2.22. The lowest BCUT2D eigenvalue weighted by Gasteiger charge is -2.30. The van der Waals surface area contributed by atoms with E-state index in [9.17, 15) is 18.3 Å². The number of nitrogens with zero attached hydrogens (tertiary/aromatic N) is 1. The number of methoxy groups -OCH3 is 1. The molecule has 2 atom stereocenters. The SMILES string of the molecule is COc1ccc(S(=O)(=O)N(CC(C)C)C[C@@H](O)[C@H](Cc2ccccc2)NC(=O)OCc2ccccc2C)cc1. The number of rotatable bonds is 13. The molecule has 0 heterocycles. The topological polar surface area (TPSA) is 105 Å². The summed E-state index contributed by atoms with van der Waals surface area (Å²) >= 11 is 0. The number of sulfonamides is 1. The van der Waals surface area contributed by atoms with Crippen molar-refractivity contribution in [2.24, 2.45) is 5.92 Å². The number of ether oxygens (including phenoxy) is 2. The molecule has 0 fully saturated rings. The van der Waals surface area contributed by atoms with Crippen molar-refractivity contribution in [3.05, 3.63) is 95.6 Å². The highest BCUT2D eigenvalue weighted by Gasteiger charge is 2.31. The molecule has 3 rings (SSSR count). The van der Waals surface area contributed by atoms with Gasteiger partial charge in [-0.2, -0.15) is 4.31 Å². The molecule has 9 heteroatoms. The summed E-state index contributed by atoms with van der Waals surface area (Å²) in [6.45, 7) is 5.82. The Bertz CT molecular complexity index is 1300. The lowest BCUT2D eigenvalue weighted by atomic mass is 10.0. The Hall–Kier alpha value is -3.40. The molecule has 0 spiro atoms. The van der Waals surface area contributed by atoms with E-state index >= 15 is 0 Å². The number of amides is 1. The number of hydrogen-bond donors (Lipinski definition) is 2. The summed E-state index contributed by atoms with van der Waals surface area (Å²) in [6, 6.07) is 22.3. The van der Waals surface area contributed by atoms with Crippen molar-refractivity contribution in [1.82, 2.24) is 9.62 Å². The van der Waals surface area contributed by atoms with Crippen molar-refractivity contribution in [1.29, 1.82) is 0 Å². The second-order valence-electron chi connectivity index (χ2n) is 9.90. The first-order valence-corrected chi connectivity index (χ1v) is 14.4. The van der Waals surface area contributed by atoms with Gasteiger partial charge < -0.3 is 19.9 Å². The van der Waals surface area contributed by atoms with Gasteiger partial charge >= 0.3 is 6.09 Å². The van der Waals surface area contributed by atoms with E-state index in [0.29, 0.717) is 12.2 Å². The fraction of sp³-hybridized carbons (Fsp3) is 0.367. The van der Waals surface area contributed by atoms with E-state index in [1.807, 2.05) is 75.4 Å². The first kappa shape index (κ1) is 30.1. The molecule has 3 aromatic carbocycles. The van der Waals surface area contributed by atoms with Gasteiger partial charge in [-0.1, -0.05) is 68.4 Å². The Balaban J connectivity index is 1.80. The number of alkyl carbamates (subject to hydrolysis) is 1. The van der Waals surface area contributed by atoms with Crippen LogP contribution < -0.4 is 10.1 Å². The summed E-state index contributed by atoms with van der Waals surface area (Å²) in [5.41, 5.74) is 2.76. The first-order chi connectivity index (χ1) is 18.6. The molecular formula is C30H38N2O6S. The van der Waals surface area contributed by atoms with Crippen LogP contribution in [0, 0.1) is 12.8 Å². The number of aliphatic hydroxyl groups is 1. The Morgan fingerprint density at radius 1 is 0.949 bits per heavy atom. The minimum absolute atomic E-state index is 0.00448. The fourth-order valence-corrected chi connectivity index (χ4v) is 5.79. The standard InChI is InChI=1S/C30H38N2O6S/c1-22(2)19-32(39(35,36)27-16-14-26(37-4)15-17-27)20-29(33)28(18-24-11-6-5-7-12-24)31-30(34)38-21-25-13-9-8-10-23(25)3/h5-17,22,28-29,33H,18-21H2,1-4H3,(H,31,34)/t28-,29+/m0/s1. The van der Waals surface area contributed by atoms with Crippen LogP contribution in [-0.4, -0.2) is 56.3 Å². The van der Waals surface area contributed by atoms with E-state index in [1.54, 1.807) is 12.1 Å². The van der Waals surface area contributed by atoms with E-state index in [0.717, 1.165) is 16.7 Å². The van der Waals surface area contributed by atoms with E-state index in [4.69, 9.17) is 9.47 Å². The Kier molecular flexibility index (Phi) is 10.9. The highest BCUT2D eigenvalue weighted by molar-refractivity contribution is 7.89. The molecule has 0 saturated carbocycles. The largest absolute Gasteiger partial charge is 0.497 e. The van der Waals surface area contributed by atoms with Crippen LogP contribution in [0.1, 0.15) is 30.5 Å². The summed E-state index contributed by atoms with van der Waals surface area (Å²) < 4.78 is 39.0. The van der Waals surface area contributed by atoms with Gasteiger partial charge in [-0.15, -0.1) is 0 Å². The molecule has 0 aromatic heterocycles. The molecule has 3 aromatic rings. The quantitative estimate of drug-likeness (QED) is 0.321. The third kappa shape index (κ3) is 8.81. The van der Waals surface area contributed by atoms with Crippen molar-refractivity contribution in [2.45, 2.75) is 50.8 Å². The second kappa shape index (κ2) is 14.1. The molecule has 0 unspecified atom stereocenters. The number of aliphatic hydroxyl groups excluding tert-OH is 1. The van der Waals surface area contributed by atoms with E-state index in [1.165, 1.54) is 23.5 Å². The molecule has 39 heavy (non-hydrogen) atoms. The monoisotopic (exact) mass is 554 g/mol. The fourth-order valence-electron chi connectivity index (χ4n) is 4.17. The maximum absolute atomic E-state index is 13.6.